The molecule has 154 valence electrons. The van der Waals surface area contributed by atoms with Gasteiger partial charge in [0, 0.05) is 48.7 Å². The lowest BCUT2D eigenvalue weighted by atomic mass is 9.96. The first-order valence-corrected chi connectivity index (χ1v) is 9.90. The van der Waals surface area contributed by atoms with Crippen molar-refractivity contribution in [3.05, 3.63) is 66.7 Å². The number of benzene rings is 2. The maximum atomic E-state index is 13.1. The smallest absolute Gasteiger partial charge is 0.227 e. The Labute approximate surface area is 174 Å². The summed E-state index contributed by atoms with van der Waals surface area (Å²) in [5, 5.41) is 2.98. The Hall–Kier alpha value is -3.48. The first-order valence-electron chi connectivity index (χ1n) is 9.90. The zero-order valence-electron chi connectivity index (χ0n) is 16.7. The van der Waals surface area contributed by atoms with Gasteiger partial charge in [0.2, 0.25) is 11.9 Å². The summed E-state index contributed by atoms with van der Waals surface area (Å²) in [5.74, 6) is 1.06. The van der Waals surface area contributed by atoms with Crippen LogP contribution in [0.15, 0.2) is 60.9 Å². The Balaban J connectivity index is 1.33. The molecule has 0 unspecified atom stereocenters. The van der Waals surface area contributed by atoms with Crippen LogP contribution >= 0.6 is 0 Å². The van der Waals surface area contributed by atoms with Crippen molar-refractivity contribution in [1.82, 2.24) is 9.97 Å². The van der Waals surface area contributed by atoms with Gasteiger partial charge in [-0.2, -0.15) is 0 Å². The first kappa shape index (κ1) is 19.8. The number of anilines is 2. The number of methoxy groups -OCH3 is 1. The second-order valence-corrected chi connectivity index (χ2v) is 7.26. The highest BCUT2D eigenvalue weighted by Gasteiger charge is 2.26. The van der Waals surface area contributed by atoms with Gasteiger partial charge in [-0.05, 0) is 42.7 Å². The average molecular weight is 406 g/mol. The largest absolute Gasteiger partial charge is 0.497 e. The fourth-order valence-corrected chi connectivity index (χ4v) is 3.56. The predicted octanol–water partition coefficient (Wildman–Crippen LogP) is 4.15. The van der Waals surface area contributed by atoms with Gasteiger partial charge in [-0.15, -0.1) is 0 Å². The molecule has 30 heavy (non-hydrogen) atoms. The lowest BCUT2D eigenvalue weighted by Gasteiger charge is -2.31. The number of ether oxygens (including phenoxy) is 1. The fraction of sp³-hybridized carbons (Fsp3) is 0.261. The van der Waals surface area contributed by atoms with Crippen LogP contribution in [0.5, 0.6) is 5.75 Å². The molecule has 1 aliphatic heterocycles. The zero-order valence-corrected chi connectivity index (χ0v) is 16.7. The normalized spacial score (nSPS) is 14.4. The van der Waals surface area contributed by atoms with E-state index in [1.54, 1.807) is 31.6 Å². The quantitative estimate of drug-likeness (QED) is 0.690. The molecule has 1 amide bonds. The van der Waals surface area contributed by atoms with Gasteiger partial charge in [-0.3, -0.25) is 4.79 Å². The van der Waals surface area contributed by atoms with Crippen LogP contribution in [0.4, 0.5) is 16.0 Å². The Bertz CT molecular complexity index is 1000. The van der Waals surface area contributed by atoms with Crippen LogP contribution in [0.1, 0.15) is 12.8 Å². The minimum Gasteiger partial charge on any atom is -0.497 e. The third-order valence-electron chi connectivity index (χ3n) is 5.30. The molecule has 0 saturated carbocycles. The number of carbonyl (C=O) groups is 1. The molecule has 2 heterocycles. The Morgan fingerprint density at radius 3 is 2.43 bits per heavy atom. The van der Waals surface area contributed by atoms with E-state index in [0.29, 0.717) is 24.8 Å². The molecule has 6 nitrogen and oxygen atoms in total. The zero-order chi connectivity index (χ0) is 20.9. The average Bonchev–Trinajstić information content (AvgIpc) is 2.80. The minimum atomic E-state index is -0.269. The molecular weight excluding hydrogens is 383 g/mol. The number of rotatable bonds is 5. The third kappa shape index (κ3) is 4.56. The second-order valence-electron chi connectivity index (χ2n) is 7.26. The van der Waals surface area contributed by atoms with E-state index in [9.17, 15) is 9.18 Å². The van der Waals surface area contributed by atoms with E-state index in [-0.39, 0.29) is 17.6 Å². The summed E-state index contributed by atoms with van der Waals surface area (Å²) in [4.78, 5) is 23.6. The number of nitrogens with one attached hydrogen (secondary N) is 1. The standard InChI is InChI=1S/C23H23FN4O2/c1-30-21-4-2-3-20(13-21)27-22(29)17-9-11-28(12-10-17)23-25-14-18(15-26-23)16-5-7-19(24)8-6-16/h2-8,13-15,17H,9-12H2,1H3,(H,27,29). The van der Waals surface area contributed by atoms with E-state index < -0.39 is 0 Å². The molecule has 1 N–H and O–H groups in total. The van der Waals surface area contributed by atoms with Crippen LogP contribution in [0, 0.1) is 11.7 Å². The van der Waals surface area contributed by atoms with Gasteiger partial charge in [0.15, 0.2) is 0 Å². The fourth-order valence-electron chi connectivity index (χ4n) is 3.56. The van der Waals surface area contributed by atoms with Crippen LogP contribution in [0.3, 0.4) is 0 Å². The van der Waals surface area contributed by atoms with Crippen molar-refractivity contribution in [2.75, 3.05) is 30.4 Å². The van der Waals surface area contributed by atoms with E-state index in [4.69, 9.17) is 4.74 Å². The van der Waals surface area contributed by atoms with Crippen molar-refractivity contribution < 1.29 is 13.9 Å². The maximum Gasteiger partial charge on any atom is 0.227 e. The molecule has 1 aliphatic rings. The number of halogens is 1. The maximum absolute atomic E-state index is 13.1. The number of nitrogens with zero attached hydrogens (tertiary/aromatic N) is 3. The van der Waals surface area contributed by atoms with Crippen molar-refractivity contribution in [2.24, 2.45) is 5.92 Å². The Morgan fingerprint density at radius 2 is 1.77 bits per heavy atom. The molecule has 0 aliphatic carbocycles. The number of aromatic nitrogens is 2. The van der Waals surface area contributed by atoms with Crippen LogP contribution in [0.2, 0.25) is 0 Å². The second kappa shape index (κ2) is 8.90. The van der Waals surface area contributed by atoms with Gasteiger partial charge < -0.3 is 15.0 Å². The SMILES string of the molecule is COc1cccc(NC(=O)C2CCN(c3ncc(-c4ccc(F)cc4)cn3)CC2)c1. The third-order valence-corrected chi connectivity index (χ3v) is 5.30. The summed E-state index contributed by atoms with van der Waals surface area (Å²) in [7, 11) is 1.60. The predicted molar refractivity (Wildman–Crippen MR) is 114 cm³/mol. The monoisotopic (exact) mass is 406 g/mol. The number of hydrogen-bond acceptors (Lipinski definition) is 5. The van der Waals surface area contributed by atoms with E-state index in [1.807, 2.05) is 24.3 Å². The van der Waals surface area contributed by atoms with E-state index >= 15 is 0 Å². The van der Waals surface area contributed by atoms with Gasteiger partial charge in [0.05, 0.1) is 7.11 Å². The molecule has 7 heteroatoms. The summed E-state index contributed by atoms with van der Waals surface area (Å²) in [6, 6.07) is 13.6. The number of hydrogen-bond donors (Lipinski definition) is 1. The summed E-state index contributed by atoms with van der Waals surface area (Å²) in [6.07, 6.45) is 4.96. The van der Waals surface area contributed by atoms with Gasteiger partial charge in [0.1, 0.15) is 11.6 Å². The molecule has 4 rings (SSSR count). The first-order chi connectivity index (χ1) is 14.6. The molecule has 2 aromatic carbocycles. The van der Waals surface area contributed by atoms with E-state index in [1.165, 1.54) is 12.1 Å². The van der Waals surface area contributed by atoms with Crippen LogP contribution in [-0.4, -0.2) is 36.1 Å². The number of amides is 1. The summed E-state index contributed by atoms with van der Waals surface area (Å²) >= 11 is 0. The molecule has 0 spiro atoms. The number of carbonyl (C=O) groups excluding carboxylic acids is 1. The minimum absolute atomic E-state index is 0.0236. The molecule has 0 radical (unpaired) electrons. The number of piperidine rings is 1. The van der Waals surface area contributed by atoms with Crippen molar-refractivity contribution >= 4 is 17.5 Å². The summed E-state index contributed by atoms with van der Waals surface area (Å²) in [6.45, 7) is 1.43. The summed E-state index contributed by atoms with van der Waals surface area (Å²) in [5.41, 5.74) is 2.45. The van der Waals surface area contributed by atoms with Gasteiger partial charge in [-0.1, -0.05) is 18.2 Å². The van der Waals surface area contributed by atoms with Crippen molar-refractivity contribution in [3.8, 4) is 16.9 Å². The highest BCUT2D eigenvalue weighted by atomic mass is 19.1. The molecule has 3 aromatic rings. The van der Waals surface area contributed by atoms with E-state index in [0.717, 1.165) is 29.7 Å². The highest BCUT2D eigenvalue weighted by molar-refractivity contribution is 5.92. The van der Waals surface area contributed by atoms with Crippen LogP contribution in [0.25, 0.3) is 11.1 Å². The van der Waals surface area contributed by atoms with E-state index in [2.05, 4.69) is 20.2 Å². The Kier molecular flexibility index (Phi) is 5.88. The van der Waals surface area contributed by atoms with Crippen LogP contribution in [-0.2, 0) is 4.79 Å². The molecule has 0 atom stereocenters. The van der Waals surface area contributed by atoms with Crippen LogP contribution < -0.4 is 15.0 Å². The summed E-state index contributed by atoms with van der Waals surface area (Å²) < 4.78 is 18.3. The molecule has 0 bridgehead atoms. The molecule has 1 fully saturated rings. The topological polar surface area (TPSA) is 67.3 Å². The van der Waals surface area contributed by atoms with Gasteiger partial charge in [0.25, 0.3) is 0 Å². The molecular formula is C23H23FN4O2. The van der Waals surface area contributed by atoms with Crippen molar-refractivity contribution in [3.63, 3.8) is 0 Å². The Morgan fingerprint density at radius 1 is 1.07 bits per heavy atom. The van der Waals surface area contributed by atoms with Crippen molar-refractivity contribution in [1.29, 1.82) is 0 Å². The molecule has 1 aromatic heterocycles. The molecule has 1 saturated heterocycles. The lowest BCUT2D eigenvalue weighted by Crippen LogP contribution is -2.39. The van der Waals surface area contributed by atoms with Crippen molar-refractivity contribution in [2.45, 2.75) is 12.8 Å². The lowest BCUT2D eigenvalue weighted by molar-refractivity contribution is -0.120. The van der Waals surface area contributed by atoms with Gasteiger partial charge in [-0.25, -0.2) is 14.4 Å². The van der Waals surface area contributed by atoms with Gasteiger partial charge >= 0.3 is 0 Å². The highest BCUT2D eigenvalue weighted by Crippen LogP contribution is 2.25.